The quantitative estimate of drug-likeness (QED) is 0.482. The molecule has 0 radical (unpaired) electrons. The van der Waals surface area contributed by atoms with Gasteiger partial charge in [-0.2, -0.15) is 0 Å². The lowest BCUT2D eigenvalue weighted by molar-refractivity contribution is 0.0963. The number of aliphatic imine (C=N–C) groups is 1. The molecule has 0 heterocycles. The highest BCUT2D eigenvalue weighted by Crippen LogP contribution is 2.10. The summed E-state index contributed by atoms with van der Waals surface area (Å²) in [6.45, 7) is 4.29. The fraction of sp³-hybridized carbons (Fsp3) is 0.333. The number of nitrogens with zero attached hydrogens (tertiary/aromatic N) is 1. The molecule has 0 bridgehead atoms. The number of amides is 1. The topological polar surface area (TPSA) is 65.5 Å². The molecular formula is C21H27ClN4O. The SMILES string of the molecule is CCNC(=NCCc1ccc(Cl)cc1)NCCc1cccc(C(=O)NC)c1. The monoisotopic (exact) mass is 386 g/mol. The Morgan fingerprint density at radius 1 is 1.04 bits per heavy atom. The summed E-state index contributed by atoms with van der Waals surface area (Å²) in [5, 5.41) is 10.00. The van der Waals surface area contributed by atoms with Crippen LogP contribution >= 0.6 is 11.6 Å². The third kappa shape index (κ3) is 7.31. The van der Waals surface area contributed by atoms with Gasteiger partial charge in [-0.15, -0.1) is 0 Å². The molecule has 0 aliphatic carbocycles. The van der Waals surface area contributed by atoms with Gasteiger partial charge in [0.1, 0.15) is 0 Å². The Bertz CT molecular complexity index is 759. The van der Waals surface area contributed by atoms with Crippen molar-refractivity contribution in [2.45, 2.75) is 19.8 Å². The highest BCUT2D eigenvalue weighted by Gasteiger charge is 2.04. The van der Waals surface area contributed by atoms with E-state index in [1.807, 2.05) is 55.5 Å². The number of hydrogen-bond acceptors (Lipinski definition) is 2. The Hall–Kier alpha value is -2.53. The summed E-state index contributed by atoms with van der Waals surface area (Å²) in [6.07, 6.45) is 1.67. The molecule has 0 fully saturated rings. The van der Waals surface area contributed by atoms with Crippen LogP contribution < -0.4 is 16.0 Å². The molecule has 0 aromatic heterocycles. The molecule has 144 valence electrons. The van der Waals surface area contributed by atoms with Gasteiger partial charge in [0, 0.05) is 37.3 Å². The largest absolute Gasteiger partial charge is 0.357 e. The van der Waals surface area contributed by atoms with Crippen molar-refractivity contribution in [2.75, 3.05) is 26.7 Å². The van der Waals surface area contributed by atoms with Crippen molar-refractivity contribution in [3.8, 4) is 0 Å². The van der Waals surface area contributed by atoms with Gasteiger partial charge in [0.05, 0.1) is 0 Å². The minimum absolute atomic E-state index is 0.0677. The van der Waals surface area contributed by atoms with Crippen molar-refractivity contribution in [3.63, 3.8) is 0 Å². The summed E-state index contributed by atoms with van der Waals surface area (Å²) >= 11 is 5.91. The number of rotatable bonds is 8. The zero-order chi connectivity index (χ0) is 19.5. The first-order valence-electron chi connectivity index (χ1n) is 9.20. The molecule has 0 aliphatic heterocycles. The lowest BCUT2D eigenvalue weighted by Gasteiger charge is -2.12. The molecule has 0 saturated heterocycles. The maximum absolute atomic E-state index is 11.7. The summed E-state index contributed by atoms with van der Waals surface area (Å²) in [4.78, 5) is 16.3. The fourth-order valence-electron chi connectivity index (χ4n) is 2.63. The molecule has 27 heavy (non-hydrogen) atoms. The molecular weight excluding hydrogens is 360 g/mol. The molecule has 2 aromatic carbocycles. The standard InChI is InChI=1S/C21H27ClN4O/c1-3-24-21(25-13-11-16-7-9-19(22)10-8-16)26-14-12-17-5-4-6-18(15-17)20(27)23-2/h4-10,15H,3,11-14H2,1-2H3,(H,23,27)(H2,24,25,26). The number of carbonyl (C=O) groups excluding carboxylic acids is 1. The molecule has 0 atom stereocenters. The van der Waals surface area contributed by atoms with Crippen LogP contribution in [0.25, 0.3) is 0 Å². The van der Waals surface area contributed by atoms with Gasteiger partial charge in [0.15, 0.2) is 5.96 Å². The first-order chi connectivity index (χ1) is 13.1. The zero-order valence-corrected chi connectivity index (χ0v) is 16.6. The van der Waals surface area contributed by atoms with Gasteiger partial charge in [-0.1, -0.05) is 35.9 Å². The predicted molar refractivity (Wildman–Crippen MR) is 113 cm³/mol. The Balaban J connectivity index is 1.84. The predicted octanol–water partition coefficient (Wildman–Crippen LogP) is 3.04. The first kappa shape index (κ1) is 20.8. The highest BCUT2D eigenvalue weighted by atomic mass is 35.5. The van der Waals surface area contributed by atoms with Gasteiger partial charge >= 0.3 is 0 Å². The minimum Gasteiger partial charge on any atom is -0.357 e. The van der Waals surface area contributed by atoms with E-state index in [1.54, 1.807) is 7.05 Å². The van der Waals surface area contributed by atoms with Crippen LogP contribution in [0.1, 0.15) is 28.4 Å². The zero-order valence-electron chi connectivity index (χ0n) is 15.9. The van der Waals surface area contributed by atoms with Gasteiger partial charge < -0.3 is 16.0 Å². The van der Waals surface area contributed by atoms with Gasteiger partial charge in [-0.3, -0.25) is 9.79 Å². The number of guanidine groups is 1. The van der Waals surface area contributed by atoms with E-state index >= 15 is 0 Å². The van der Waals surface area contributed by atoms with E-state index in [-0.39, 0.29) is 5.91 Å². The third-order valence-electron chi connectivity index (χ3n) is 4.05. The number of benzene rings is 2. The Labute approximate surface area is 166 Å². The number of carbonyl (C=O) groups is 1. The summed E-state index contributed by atoms with van der Waals surface area (Å²) in [6, 6.07) is 15.5. The van der Waals surface area contributed by atoms with Crippen LogP contribution in [0.3, 0.4) is 0 Å². The van der Waals surface area contributed by atoms with Crippen LogP contribution in [0.4, 0.5) is 0 Å². The van der Waals surface area contributed by atoms with E-state index in [0.717, 1.165) is 42.5 Å². The molecule has 6 heteroatoms. The first-order valence-corrected chi connectivity index (χ1v) is 9.57. The maximum atomic E-state index is 11.7. The molecule has 0 aliphatic rings. The van der Waals surface area contributed by atoms with E-state index in [9.17, 15) is 4.79 Å². The second-order valence-corrected chi connectivity index (χ2v) is 6.53. The van der Waals surface area contributed by atoms with Crippen LogP contribution in [0, 0.1) is 0 Å². The van der Waals surface area contributed by atoms with E-state index in [0.29, 0.717) is 12.1 Å². The van der Waals surface area contributed by atoms with Crippen molar-refractivity contribution in [1.29, 1.82) is 0 Å². The Morgan fingerprint density at radius 2 is 1.81 bits per heavy atom. The Morgan fingerprint density at radius 3 is 2.52 bits per heavy atom. The average Bonchev–Trinajstić information content (AvgIpc) is 2.69. The lowest BCUT2D eigenvalue weighted by Crippen LogP contribution is -2.38. The molecule has 3 N–H and O–H groups in total. The van der Waals surface area contributed by atoms with Crippen molar-refractivity contribution in [3.05, 3.63) is 70.2 Å². The van der Waals surface area contributed by atoms with E-state index in [4.69, 9.17) is 11.6 Å². The minimum atomic E-state index is -0.0677. The molecule has 2 aromatic rings. The van der Waals surface area contributed by atoms with E-state index in [1.165, 1.54) is 5.56 Å². The summed E-state index contributed by atoms with van der Waals surface area (Å²) < 4.78 is 0. The normalized spacial score (nSPS) is 11.1. The highest BCUT2D eigenvalue weighted by molar-refractivity contribution is 6.30. The van der Waals surface area contributed by atoms with Crippen LogP contribution in [0.15, 0.2) is 53.5 Å². The van der Waals surface area contributed by atoms with Crippen LogP contribution in [-0.2, 0) is 12.8 Å². The summed E-state index contributed by atoms with van der Waals surface area (Å²) in [5.41, 5.74) is 3.00. The van der Waals surface area contributed by atoms with Crippen LogP contribution in [0.2, 0.25) is 5.02 Å². The fourth-order valence-corrected chi connectivity index (χ4v) is 2.75. The van der Waals surface area contributed by atoms with Gasteiger partial charge in [-0.05, 0) is 55.2 Å². The second kappa shape index (κ2) is 11.2. The molecule has 0 spiro atoms. The van der Waals surface area contributed by atoms with E-state index in [2.05, 4.69) is 20.9 Å². The number of halogens is 1. The van der Waals surface area contributed by atoms with Crippen molar-refractivity contribution >= 4 is 23.5 Å². The molecule has 2 rings (SSSR count). The van der Waals surface area contributed by atoms with Crippen molar-refractivity contribution in [2.24, 2.45) is 4.99 Å². The average molecular weight is 387 g/mol. The van der Waals surface area contributed by atoms with Gasteiger partial charge in [0.2, 0.25) is 0 Å². The van der Waals surface area contributed by atoms with Gasteiger partial charge in [-0.25, -0.2) is 0 Å². The number of nitrogens with one attached hydrogen (secondary N) is 3. The molecule has 1 amide bonds. The third-order valence-corrected chi connectivity index (χ3v) is 4.30. The Kier molecular flexibility index (Phi) is 8.65. The lowest BCUT2D eigenvalue weighted by atomic mass is 10.1. The van der Waals surface area contributed by atoms with Crippen LogP contribution in [0.5, 0.6) is 0 Å². The maximum Gasteiger partial charge on any atom is 0.251 e. The molecule has 0 unspecified atom stereocenters. The molecule has 5 nitrogen and oxygen atoms in total. The van der Waals surface area contributed by atoms with Crippen LogP contribution in [-0.4, -0.2) is 38.5 Å². The summed E-state index contributed by atoms with van der Waals surface area (Å²) in [7, 11) is 1.64. The van der Waals surface area contributed by atoms with Gasteiger partial charge in [0.25, 0.3) is 5.91 Å². The van der Waals surface area contributed by atoms with Crippen molar-refractivity contribution < 1.29 is 4.79 Å². The van der Waals surface area contributed by atoms with Crippen molar-refractivity contribution in [1.82, 2.24) is 16.0 Å². The second-order valence-electron chi connectivity index (χ2n) is 6.09. The number of hydrogen-bond donors (Lipinski definition) is 3. The summed E-state index contributed by atoms with van der Waals surface area (Å²) in [5.74, 6) is 0.732. The van der Waals surface area contributed by atoms with E-state index < -0.39 is 0 Å². The molecule has 0 saturated carbocycles. The smallest absolute Gasteiger partial charge is 0.251 e.